The highest BCUT2D eigenvalue weighted by molar-refractivity contribution is 6.30. The van der Waals surface area contributed by atoms with Gasteiger partial charge >= 0.3 is 0 Å². The second kappa shape index (κ2) is 9.62. The monoisotopic (exact) mass is 390 g/mol. The van der Waals surface area contributed by atoms with Gasteiger partial charge in [0, 0.05) is 11.6 Å². The summed E-state index contributed by atoms with van der Waals surface area (Å²) in [5, 5.41) is 3.62. The molecule has 5 nitrogen and oxygen atoms in total. The van der Waals surface area contributed by atoms with Crippen LogP contribution in [-0.4, -0.2) is 44.7 Å². The maximum atomic E-state index is 12.5. The minimum Gasteiger partial charge on any atom is -0.497 e. The first kappa shape index (κ1) is 21.1. The lowest BCUT2D eigenvalue weighted by Crippen LogP contribution is -2.41. The van der Waals surface area contributed by atoms with E-state index < -0.39 is 6.10 Å². The molecule has 0 fully saturated rings. The van der Waals surface area contributed by atoms with Crippen molar-refractivity contribution in [3.05, 3.63) is 58.6 Å². The second-order valence-corrected chi connectivity index (χ2v) is 7.10. The number of nitrogens with one attached hydrogen (secondary N) is 1. The van der Waals surface area contributed by atoms with E-state index in [0.29, 0.717) is 17.3 Å². The number of hydrogen-bond donors (Lipinski definition) is 1. The summed E-state index contributed by atoms with van der Waals surface area (Å²) in [6.07, 6.45) is -0.608. The average molecular weight is 391 g/mol. The Hall–Kier alpha value is -2.24. The van der Waals surface area contributed by atoms with E-state index in [2.05, 4.69) is 10.2 Å². The standard InChI is InChI=1S/C21H27ClN2O3/c1-14-12-17(22)8-11-20(14)27-15(2)21(25)23-13-19(24(3)4)16-6-9-18(26-5)10-7-16/h6-12,15,19H,13H2,1-5H3,(H,23,25). The van der Waals surface area contributed by atoms with Crippen LogP contribution in [0.2, 0.25) is 5.02 Å². The van der Waals surface area contributed by atoms with Crippen LogP contribution >= 0.6 is 11.6 Å². The number of nitrogens with zero attached hydrogens (tertiary/aromatic N) is 1. The van der Waals surface area contributed by atoms with Gasteiger partial charge in [-0.1, -0.05) is 23.7 Å². The summed E-state index contributed by atoms with van der Waals surface area (Å²) in [5.41, 5.74) is 2.00. The van der Waals surface area contributed by atoms with E-state index in [0.717, 1.165) is 16.9 Å². The number of methoxy groups -OCH3 is 1. The maximum Gasteiger partial charge on any atom is 0.260 e. The molecule has 0 heterocycles. The number of likely N-dealkylation sites (N-methyl/N-ethyl adjacent to an activating group) is 1. The molecule has 2 rings (SSSR count). The topological polar surface area (TPSA) is 50.8 Å². The molecule has 0 aliphatic carbocycles. The highest BCUT2D eigenvalue weighted by atomic mass is 35.5. The minimum absolute atomic E-state index is 0.0457. The van der Waals surface area contributed by atoms with Gasteiger partial charge in [0.15, 0.2) is 6.10 Å². The molecule has 0 radical (unpaired) electrons. The lowest BCUT2D eigenvalue weighted by molar-refractivity contribution is -0.127. The number of halogens is 1. The van der Waals surface area contributed by atoms with Crippen LogP contribution in [0.15, 0.2) is 42.5 Å². The molecule has 0 bridgehead atoms. The van der Waals surface area contributed by atoms with E-state index in [-0.39, 0.29) is 11.9 Å². The van der Waals surface area contributed by atoms with Gasteiger partial charge in [-0.05, 0) is 69.4 Å². The van der Waals surface area contributed by atoms with Crippen molar-refractivity contribution in [1.82, 2.24) is 10.2 Å². The molecule has 2 aromatic rings. The van der Waals surface area contributed by atoms with Crippen molar-refractivity contribution in [2.75, 3.05) is 27.7 Å². The lowest BCUT2D eigenvalue weighted by atomic mass is 10.1. The van der Waals surface area contributed by atoms with Gasteiger partial charge < -0.3 is 19.7 Å². The largest absolute Gasteiger partial charge is 0.497 e. The smallest absolute Gasteiger partial charge is 0.260 e. The molecule has 2 unspecified atom stereocenters. The molecule has 0 saturated heterocycles. The number of hydrogen-bond acceptors (Lipinski definition) is 4. The number of rotatable bonds is 8. The third-order valence-corrected chi connectivity index (χ3v) is 4.64. The van der Waals surface area contributed by atoms with Crippen LogP contribution < -0.4 is 14.8 Å². The summed E-state index contributed by atoms with van der Waals surface area (Å²) in [7, 11) is 5.61. The SMILES string of the molecule is COc1ccc(C(CNC(=O)C(C)Oc2ccc(Cl)cc2C)N(C)C)cc1. The van der Waals surface area contributed by atoms with Gasteiger partial charge in [0.1, 0.15) is 11.5 Å². The van der Waals surface area contributed by atoms with E-state index >= 15 is 0 Å². The lowest BCUT2D eigenvalue weighted by Gasteiger charge is -2.26. The van der Waals surface area contributed by atoms with Gasteiger partial charge in [-0.3, -0.25) is 4.79 Å². The average Bonchev–Trinajstić information content (AvgIpc) is 2.64. The van der Waals surface area contributed by atoms with Gasteiger partial charge in [0.05, 0.1) is 13.2 Å². The van der Waals surface area contributed by atoms with Crippen molar-refractivity contribution in [2.45, 2.75) is 26.0 Å². The number of benzene rings is 2. The van der Waals surface area contributed by atoms with Crippen LogP contribution in [0.25, 0.3) is 0 Å². The fourth-order valence-electron chi connectivity index (χ4n) is 2.75. The Morgan fingerprint density at radius 1 is 1.19 bits per heavy atom. The first-order valence-corrected chi connectivity index (χ1v) is 9.20. The zero-order valence-corrected chi connectivity index (χ0v) is 17.2. The molecule has 27 heavy (non-hydrogen) atoms. The van der Waals surface area contributed by atoms with Crippen LogP contribution in [0.1, 0.15) is 24.1 Å². The maximum absolute atomic E-state index is 12.5. The minimum atomic E-state index is -0.608. The molecule has 0 aromatic heterocycles. The highest BCUT2D eigenvalue weighted by Crippen LogP contribution is 2.23. The first-order chi connectivity index (χ1) is 12.8. The van der Waals surface area contributed by atoms with Crippen molar-refractivity contribution in [3.63, 3.8) is 0 Å². The molecule has 0 aliphatic rings. The molecular weight excluding hydrogens is 364 g/mol. The van der Waals surface area contributed by atoms with Crippen molar-refractivity contribution >= 4 is 17.5 Å². The second-order valence-electron chi connectivity index (χ2n) is 6.67. The summed E-state index contributed by atoms with van der Waals surface area (Å²) in [5.74, 6) is 1.30. The zero-order chi connectivity index (χ0) is 20.0. The van der Waals surface area contributed by atoms with Crippen LogP contribution in [0.5, 0.6) is 11.5 Å². The summed E-state index contributed by atoms with van der Waals surface area (Å²) in [4.78, 5) is 14.6. The normalized spacial score (nSPS) is 13.1. The Bertz CT molecular complexity index is 763. The fourth-order valence-corrected chi connectivity index (χ4v) is 2.98. The Balaban J connectivity index is 1.97. The molecule has 0 spiro atoms. The van der Waals surface area contributed by atoms with Crippen molar-refractivity contribution in [1.29, 1.82) is 0 Å². The highest BCUT2D eigenvalue weighted by Gasteiger charge is 2.19. The molecule has 2 aromatic carbocycles. The number of carbonyl (C=O) groups excluding carboxylic acids is 1. The molecule has 146 valence electrons. The van der Waals surface area contributed by atoms with Gasteiger partial charge in [0.25, 0.3) is 5.91 Å². The van der Waals surface area contributed by atoms with Crippen molar-refractivity contribution in [2.24, 2.45) is 0 Å². The number of aryl methyl sites for hydroxylation is 1. The van der Waals surface area contributed by atoms with Gasteiger partial charge in [-0.2, -0.15) is 0 Å². The molecular formula is C21H27ClN2O3. The summed E-state index contributed by atoms with van der Waals surface area (Å²) >= 11 is 5.96. The van der Waals surface area contributed by atoms with Gasteiger partial charge in [-0.15, -0.1) is 0 Å². The summed E-state index contributed by atoms with van der Waals surface area (Å²) in [6, 6.07) is 13.2. The van der Waals surface area contributed by atoms with Crippen molar-refractivity contribution in [3.8, 4) is 11.5 Å². The van der Waals surface area contributed by atoms with Crippen LogP contribution in [0.3, 0.4) is 0 Å². The predicted octanol–water partition coefficient (Wildman–Crippen LogP) is 3.84. The first-order valence-electron chi connectivity index (χ1n) is 8.82. The molecule has 0 aliphatic heterocycles. The third kappa shape index (κ3) is 5.88. The summed E-state index contributed by atoms with van der Waals surface area (Å²) < 4.78 is 11.0. The zero-order valence-electron chi connectivity index (χ0n) is 16.5. The van der Waals surface area contributed by atoms with Gasteiger partial charge in [-0.25, -0.2) is 0 Å². The molecule has 6 heteroatoms. The number of amides is 1. The molecule has 0 saturated carbocycles. The van der Waals surface area contributed by atoms with Crippen LogP contribution in [-0.2, 0) is 4.79 Å². The number of ether oxygens (including phenoxy) is 2. The Morgan fingerprint density at radius 2 is 1.85 bits per heavy atom. The molecule has 1 amide bonds. The predicted molar refractivity (Wildman–Crippen MR) is 109 cm³/mol. The van der Waals surface area contributed by atoms with Crippen LogP contribution in [0.4, 0.5) is 0 Å². The van der Waals surface area contributed by atoms with E-state index in [4.69, 9.17) is 21.1 Å². The molecule has 1 N–H and O–H groups in total. The van der Waals surface area contributed by atoms with E-state index in [9.17, 15) is 4.79 Å². The Morgan fingerprint density at radius 3 is 2.41 bits per heavy atom. The van der Waals surface area contributed by atoms with Crippen LogP contribution in [0, 0.1) is 6.92 Å². The Kier molecular flexibility index (Phi) is 7.51. The van der Waals surface area contributed by atoms with E-state index in [1.165, 1.54) is 0 Å². The summed E-state index contributed by atoms with van der Waals surface area (Å²) in [6.45, 7) is 4.12. The fraction of sp³-hybridized carbons (Fsp3) is 0.381. The van der Waals surface area contributed by atoms with Gasteiger partial charge in [0.2, 0.25) is 0 Å². The third-order valence-electron chi connectivity index (χ3n) is 4.40. The van der Waals surface area contributed by atoms with Crippen molar-refractivity contribution < 1.29 is 14.3 Å². The van der Waals surface area contributed by atoms with E-state index in [1.54, 1.807) is 26.2 Å². The number of carbonyl (C=O) groups is 1. The quantitative estimate of drug-likeness (QED) is 0.744. The molecule has 2 atom stereocenters. The Labute approximate surface area is 166 Å². The van der Waals surface area contributed by atoms with E-state index in [1.807, 2.05) is 51.4 Å².